The predicted molar refractivity (Wildman–Crippen MR) is 97.5 cm³/mol. The molecule has 0 saturated carbocycles. The molecule has 0 aliphatic rings. The predicted octanol–water partition coefficient (Wildman–Crippen LogP) is 2.00. The van der Waals surface area contributed by atoms with Gasteiger partial charge in [0.2, 0.25) is 0 Å². The molecule has 0 saturated heterocycles. The summed E-state index contributed by atoms with van der Waals surface area (Å²) in [4.78, 5) is 38.7. The van der Waals surface area contributed by atoms with Gasteiger partial charge in [-0.2, -0.15) is 0 Å². The number of carbonyl (C=O) groups excluding carboxylic acids is 3. The maximum Gasteiger partial charge on any atom is 0.326 e. The lowest BCUT2D eigenvalue weighted by Gasteiger charge is -2.18. The number of benzene rings is 1. The Morgan fingerprint density at radius 1 is 1.15 bits per heavy atom. The molecule has 0 aromatic heterocycles. The number of urea groups is 1. The van der Waals surface area contributed by atoms with Crippen molar-refractivity contribution in [2.45, 2.75) is 41.0 Å². The molecule has 0 aliphatic carbocycles. The highest BCUT2D eigenvalue weighted by molar-refractivity contribution is 6.02. The molecule has 1 aromatic rings. The van der Waals surface area contributed by atoms with Crippen molar-refractivity contribution in [3.8, 4) is 11.5 Å². The Bertz CT molecular complexity index is 743. The van der Waals surface area contributed by atoms with Crippen molar-refractivity contribution in [1.29, 1.82) is 0 Å². The Morgan fingerprint density at radius 3 is 2.31 bits per heavy atom. The van der Waals surface area contributed by atoms with E-state index in [0.717, 1.165) is 6.42 Å². The van der Waals surface area contributed by atoms with Gasteiger partial charge in [0.15, 0.2) is 17.5 Å². The minimum Gasteiger partial charge on any atom is -0.423 e. The topological polar surface area (TPSA) is 132 Å². The lowest BCUT2D eigenvalue weighted by Crippen LogP contribution is -2.40. The molecule has 0 atom stereocenters. The van der Waals surface area contributed by atoms with Crippen molar-refractivity contribution in [3.63, 3.8) is 0 Å². The van der Waals surface area contributed by atoms with Gasteiger partial charge in [-0.15, -0.1) is 0 Å². The van der Waals surface area contributed by atoms with Gasteiger partial charge in [0.05, 0.1) is 5.69 Å². The first kappa shape index (κ1) is 20.9. The van der Waals surface area contributed by atoms with Crippen molar-refractivity contribution < 1.29 is 23.9 Å². The Hall–Kier alpha value is -3.10. The van der Waals surface area contributed by atoms with Crippen LogP contribution in [0.2, 0.25) is 0 Å². The van der Waals surface area contributed by atoms with Crippen LogP contribution < -0.4 is 25.8 Å². The molecule has 9 nitrogen and oxygen atoms in total. The summed E-state index contributed by atoms with van der Waals surface area (Å²) >= 11 is 0. The maximum atomic E-state index is 12.1. The van der Waals surface area contributed by atoms with Crippen molar-refractivity contribution >= 4 is 29.6 Å². The first-order chi connectivity index (χ1) is 12.1. The number of aliphatic imine (C=N–C) groups is 1. The van der Waals surface area contributed by atoms with Crippen LogP contribution in [0.1, 0.15) is 38.3 Å². The quantitative estimate of drug-likeness (QED) is 0.317. The number of esters is 2. The molecule has 0 bridgehead atoms. The number of ether oxygens (including phenoxy) is 2. The van der Waals surface area contributed by atoms with Crippen LogP contribution in [0.3, 0.4) is 0 Å². The van der Waals surface area contributed by atoms with Crippen LogP contribution in [0.5, 0.6) is 11.5 Å². The second kappa shape index (κ2) is 9.40. The number of nitrogens with two attached hydrogens (primary N) is 1. The highest BCUT2D eigenvalue weighted by atomic mass is 16.6. The monoisotopic (exact) mass is 364 g/mol. The molecule has 0 spiro atoms. The minimum absolute atomic E-state index is 0.00333. The lowest BCUT2D eigenvalue weighted by molar-refractivity contribution is -0.134. The van der Waals surface area contributed by atoms with Gasteiger partial charge in [-0.3, -0.25) is 19.9 Å². The molecule has 0 aliphatic heterocycles. The molecule has 4 N–H and O–H groups in total. The molecule has 2 amide bonds. The van der Waals surface area contributed by atoms with Crippen LogP contribution >= 0.6 is 0 Å². The highest BCUT2D eigenvalue weighted by Crippen LogP contribution is 2.38. The van der Waals surface area contributed by atoms with Gasteiger partial charge in [0.25, 0.3) is 0 Å². The summed E-state index contributed by atoms with van der Waals surface area (Å²) in [5.41, 5.74) is 7.05. The van der Waals surface area contributed by atoms with E-state index in [4.69, 9.17) is 15.2 Å². The number of carbonyl (C=O) groups is 3. The Morgan fingerprint density at radius 2 is 1.77 bits per heavy atom. The van der Waals surface area contributed by atoms with Crippen LogP contribution in [0.4, 0.5) is 10.5 Å². The number of nitrogens with one attached hydrogen (secondary N) is 2. The Balaban J connectivity index is 3.17. The van der Waals surface area contributed by atoms with E-state index in [1.807, 2.05) is 6.92 Å². The van der Waals surface area contributed by atoms with E-state index in [1.54, 1.807) is 13.8 Å². The maximum absolute atomic E-state index is 12.1. The molecule has 1 aromatic carbocycles. The van der Waals surface area contributed by atoms with E-state index in [1.165, 1.54) is 19.9 Å². The molecule has 142 valence electrons. The molecular formula is C17H24N4O5. The molecular weight excluding hydrogens is 340 g/mol. The number of aryl methyl sites for hydroxylation is 1. The summed E-state index contributed by atoms with van der Waals surface area (Å²) in [6.45, 7) is 8.23. The molecule has 1 rings (SSSR count). The fourth-order valence-electron chi connectivity index (χ4n) is 2.15. The summed E-state index contributed by atoms with van der Waals surface area (Å²) in [7, 11) is 0. The molecule has 9 heteroatoms. The number of guanidine groups is 1. The van der Waals surface area contributed by atoms with Gasteiger partial charge in [-0.05, 0) is 31.9 Å². The van der Waals surface area contributed by atoms with Crippen molar-refractivity contribution in [2.75, 3.05) is 11.9 Å². The van der Waals surface area contributed by atoms with Crippen LogP contribution in [-0.4, -0.2) is 30.5 Å². The van der Waals surface area contributed by atoms with E-state index in [9.17, 15) is 14.4 Å². The third-order valence-corrected chi connectivity index (χ3v) is 3.17. The largest absolute Gasteiger partial charge is 0.423 e. The SMILES string of the molecule is CCCN=C(N)NC(=O)Nc1c(C)cc(OC(C)=O)c(OC(C)=O)c1C. The first-order valence-corrected chi connectivity index (χ1v) is 8.04. The van der Waals surface area contributed by atoms with Gasteiger partial charge in [-0.25, -0.2) is 4.79 Å². The normalized spacial score (nSPS) is 10.9. The fourth-order valence-corrected chi connectivity index (χ4v) is 2.15. The van der Waals surface area contributed by atoms with E-state index in [0.29, 0.717) is 23.4 Å². The Kier molecular flexibility index (Phi) is 7.57. The van der Waals surface area contributed by atoms with Crippen LogP contribution in [0.25, 0.3) is 0 Å². The summed E-state index contributed by atoms with van der Waals surface area (Å²) in [6.07, 6.45) is 0.797. The summed E-state index contributed by atoms with van der Waals surface area (Å²) in [5.74, 6) is -0.998. The number of nitrogens with zero attached hydrogens (tertiary/aromatic N) is 1. The van der Waals surface area contributed by atoms with E-state index < -0.39 is 18.0 Å². The van der Waals surface area contributed by atoms with Crippen molar-refractivity contribution in [2.24, 2.45) is 10.7 Å². The molecule has 26 heavy (non-hydrogen) atoms. The van der Waals surface area contributed by atoms with Crippen LogP contribution in [-0.2, 0) is 9.59 Å². The first-order valence-electron chi connectivity index (χ1n) is 8.04. The van der Waals surface area contributed by atoms with Crippen LogP contribution in [0, 0.1) is 13.8 Å². The number of amides is 2. The number of rotatable bonds is 5. The van der Waals surface area contributed by atoms with Gasteiger partial charge < -0.3 is 20.5 Å². The second-order valence-electron chi connectivity index (χ2n) is 5.55. The van der Waals surface area contributed by atoms with E-state index in [-0.39, 0.29) is 17.5 Å². The molecule has 0 heterocycles. The zero-order valence-corrected chi connectivity index (χ0v) is 15.6. The highest BCUT2D eigenvalue weighted by Gasteiger charge is 2.20. The average molecular weight is 364 g/mol. The van der Waals surface area contributed by atoms with E-state index in [2.05, 4.69) is 15.6 Å². The number of anilines is 1. The smallest absolute Gasteiger partial charge is 0.326 e. The van der Waals surface area contributed by atoms with Gasteiger partial charge in [0.1, 0.15) is 0 Å². The molecule has 0 radical (unpaired) electrons. The van der Waals surface area contributed by atoms with Gasteiger partial charge >= 0.3 is 18.0 Å². The second-order valence-corrected chi connectivity index (χ2v) is 5.55. The zero-order valence-electron chi connectivity index (χ0n) is 15.6. The van der Waals surface area contributed by atoms with Gasteiger partial charge in [0, 0.05) is 26.0 Å². The van der Waals surface area contributed by atoms with Gasteiger partial charge in [-0.1, -0.05) is 6.92 Å². The molecule has 0 unspecified atom stereocenters. The van der Waals surface area contributed by atoms with Crippen molar-refractivity contribution in [1.82, 2.24) is 5.32 Å². The molecule has 0 fully saturated rings. The summed E-state index contributed by atoms with van der Waals surface area (Å²) in [5, 5.41) is 5.05. The van der Waals surface area contributed by atoms with E-state index >= 15 is 0 Å². The van der Waals surface area contributed by atoms with Crippen LogP contribution in [0.15, 0.2) is 11.1 Å². The Labute approximate surface area is 151 Å². The number of hydrogen-bond acceptors (Lipinski definition) is 6. The van der Waals surface area contributed by atoms with Crippen molar-refractivity contribution in [3.05, 3.63) is 17.2 Å². The number of hydrogen-bond donors (Lipinski definition) is 3. The average Bonchev–Trinajstić information content (AvgIpc) is 2.52. The third kappa shape index (κ3) is 6.08. The minimum atomic E-state index is -0.595. The standard InChI is InChI=1S/C17H24N4O5/c1-6-7-19-16(18)21-17(24)20-14-9(2)8-13(25-11(4)22)15(10(14)3)26-12(5)23/h8H,6-7H2,1-5H3,(H4,18,19,20,21,24). The third-order valence-electron chi connectivity index (χ3n) is 3.17. The zero-order chi connectivity index (χ0) is 19.9. The summed E-state index contributed by atoms with van der Waals surface area (Å²) < 4.78 is 10.2. The fraction of sp³-hybridized carbons (Fsp3) is 0.412. The summed E-state index contributed by atoms with van der Waals surface area (Å²) in [6, 6.07) is 0.902. The lowest BCUT2D eigenvalue weighted by atomic mass is 10.1.